The van der Waals surface area contributed by atoms with Crippen molar-refractivity contribution >= 4 is 23.5 Å². The Morgan fingerprint density at radius 1 is 1.16 bits per heavy atom. The second-order valence-corrected chi connectivity index (χ2v) is 9.25. The van der Waals surface area contributed by atoms with Gasteiger partial charge in [0.25, 0.3) is 5.91 Å². The SMILES string of the molecule is COC1(C(=O)NCc2ccc(-n3cc(F)cn3)nc2)CCN(c2nc(C)cc(Nc3cc(C)[nH]n3)n2)CC1. The molecule has 1 aliphatic heterocycles. The molecule has 0 saturated carbocycles. The van der Waals surface area contributed by atoms with E-state index in [9.17, 15) is 9.18 Å². The lowest BCUT2D eigenvalue weighted by Gasteiger charge is -2.39. The highest BCUT2D eigenvalue weighted by Crippen LogP contribution is 2.29. The first-order chi connectivity index (χ1) is 18.3. The van der Waals surface area contributed by atoms with Crippen LogP contribution in [0.5, 0.6) is 0 Å². The highest BCUT2D eigenvalue weighted by atomic mass is 19.1. The number of piperidine rings is 1. The Bertz CT molecular complexity index is 1410. The molecule has 4 aromatic heterocycles. The first kappa shape index (κ1) is 25.3. The number of H-pyrrole nitrogens is 1. The van der Waals surface area contributed by atoms with Crippen molar-refractivity contribution in [2.24, 2.45) is 0 Å². The van der Waals surface area contributed by atoms with Crippen LogP contribution in [0.3, 0.4) is 0 Å². The average Bonchev–Trinajstić information content (AvgIpc) is 3.54. The normalized spacial score (nSPS) is 14.9. The van der Waals surface area contributed by atoms with Crippen LogP contribution in [-0.2, 0) is 16.1 Å². The lowest BCUT2D eigenvalue weighted by atomic mass is 9.90. The number of aromatic amines is 1. The molecule has 1 amide bonds. The minimum Gasteiger partial charge on any atom is -0.368 e. The molecule has 38 heavy (non-hydrogen) atoms. The zero-order chi connectivity index (χ0) is 26.7. The molecule has 5 rings (SSSR count). The summed E-state index contributed by atoms with van der Waals surface area (Å²) in [6.45, 7) is 5.25. The van der Waals surface area contributed by atoms with Crippen LogP contribution in [0.15, 0.2) is 42.9 Å². The van der Waals surface area contributed by atoms with Crippen LogP contribution in [0, 0.1) is 19.7 Å². The van der Waals surface area contributed by atoms with E-state index >= 15 is 0 Å². The van der Waals surface area contributed by atoms with Gasteiger partial charge in [0.15, 0.2) is 17.5 Å². The van der Waals surface area contributed by atoms with E-state index in [1.54, 1.807) is 19.4 Å². The van der Waals surface area contributed by atoms with Crippen molar-refractivity contribution in [2.75, 3.05) is 30.4 Å². The van der Waals surface area contributed by atoms with Crippen LogP contribution in [0.4, 0.5) is 22.0 Å². The van der Waals surface area contributed by atoms with Crippen LogP contribution >= 0.6 is 0 Å². The minimum absolute atomic E-state index is 0.181. The molecule has 1 aliphatic rings. The van der Waals surface area contributed by atoms with Crippen LogP contribution in [-0.4, -0.2) is 66.6 Å². The van der Waals surface area contributed by atoms with E-state index in [0.717, 1.165) is 23.1 Å². The molecule has 12 nitrogen and oxygen atoms in total. The van der Waals surface area contributed by atoms with Gasteiger partial charge in [-0.25, -0.2) is 19.0 Å². The largest absolute Gasteiger partial charge is 0.368 e. The molecule has 1 saturated heterocycles. The van der Waals surface area contributed by atoms with E-state index in [1.807, 2.05) is 32.0 Å². The molecule has 1 fully saturated rings. The Kier molecular flexibility index (Phi) is 7.01. The van der Waals surface area contributed by atoms with Gasteiger partial charge < -0.3 is 20.3 Å². The average molecular weight is 521 g/mol. The molecule has 0 unspecified atom stereocenters. The quantitative estimate of drug-likeness (QED) is 0.320. The number of pyridine rings is 1. The summed E-state index contributed by atoms with van der Waals surface area (Å²) in [6, 6.07) is 7.29. The number of halogens is 1. The van der Waals surface area contributed by atoms with Crippen molar-refractivity contribution in [1.29, 1.82) is 0 Å². The molecule has 13 heteroatoms. The molecule has 3 N–H and O–H groups in total. The maximum Gasteiger partial charge on any atom is 0.252 e. The third kappa shape index (κ3) is 5.47. The Balaban J connectivity index is 1.19. The number of rotatable bonds is 8. The fourth-order valence-corrected chi connectivity index (χ4v) is 4.39. The van der Waals surface area contributed by atoms with Gasteiger partial charge in [0.1, 0.15) is 11.4 Å². The molecule has 0 radical (unpaired) electrons. The number of methoxy groups -OCH3 is 1. The van der Waals surface area contributed by atoms with Crippen LogP contribution in [0.2, 0.25) is 0 Å². The third-order valence-corrected chi connectivity index (χ3v) is 6.51. The molecule has 4 aromatic rings. The summed E-state index contributed by atoms with van der Waals surface area (Å²) in [6.07, 6.45) is 4.96. The molecule has 0 aromatic carbocycles. The van der Waals surface area contributed by atoms with Crippen molar-refractivity contribution in [3.8, 4) is 5.82 Å². The van der Waals surface area contributed by atoms with Gasteiger partial charge in [-0.2, -0.15) is 15.2 Å². The number of ether oxygens (including phenoxy) is 1. The molecule has 5 heterocycles. The molecule has 0 bridgehead atoms. The van der Waals surface area contributed by atoms with Gasteiger partial charge in [0.05, 0.1) is 12.4 Å². The molecule has 0 aliphatic carbocycles. The summed E-state index contributed by atoms with van der Waals surface area (Å²) in [5, 5.41) is 17.2. The fraction of sp³-hybridized carbons (Fsp3) is 0.360. The number of hydrogen-bond acceptors (Lipinski definition) is 9. The number of amides is 1. The predicted molar refractivity (Wildman–Crippen MR) is 138 cm³/mol. The zero-order valence-electron chi connectivity index (χ0n) is 21.4. The van der Waals surface area contributed by atoms with Crippen LogP contribution in [0.25, 0.3) is 5.82 Å². The standard InChI is InChI=1S/C25H29FN10O2/c1-16-10-20(31-21-11-17(2)33-34-21)32-24(30-16)35-8-6-25(38-3,7-9-35)23(37)28-13-18-4-5-22(27-12-18)36-15-19(26)14-29-36/h4-5,10-12,14-15H,6-9,13H2,1-3H3,(H,28,37)(H2,30,31,32,33,34). The summed E-state index contributed by atoms with van der Waals surface area (Å²) < 4.78 is 20.3. The van der Waals surface area contributed by atoms with Crippen molar-refractivity contribution in [1.82, 2.24) is 40.2 Å². The van der Waals surface area contributed by atoms with Crippen molar-refractivity contribution in [3.05, 3.63) is 65.6 Å². The van der Waals surface area contributed by atoms with E-state index in [1.165, 1.54) is 10.9 Å². The smallest absolute Gasteiger partial charge is 0.252 e. The molecular weight excluding hydrogens is 491 g/mol. The maximum absolute atomic E-state index is 13.2. The number of carbonyl (C=O) groups is 1. The van der Waals surface area contributed by atoms with E-state index in [0.29, 0.717) is 49.3 Å². The van der Waals surface area contributed by atoms with Gasteiger partial charge in [0, 0.05) is 69.3 Å². The summed E-state index contributed by atoms with van der Waals surface area (Å²) in [7, 11) is 1.56. The van der Waals surface area contributed by atoms with Gasteiger partial charge in [-0.15, -0.1) is 0 Å². The van der Waals surface area contributed by atoms with Gasteiger partial charge in [-0.3, -0.25) is 9.89 Å². The zero-order valence-corrected chi connectivity index (χ0v) is 21.4. The van der Waals surface area contributed by atoms with Crippen molar-refractivity contribution in [3.63, 3.8) is 0 Å². The topological polar surface area (TPSA) is 139 Å². The van der Waals surface area contributed by atoms with E-state index in [2.05, 4.69) is 45.8 Å². The summed E-state index contributed by atoms with van der Waals surface area (Å²) in [4.78, 5) is 28.8. The Morgan fingerprint density at radius 2 is 1.97 bits per heavy atom. The van der Waals surface area contributed by atoms with Crippen LogP contribution in [0.1, 0.15) is 29.8 Å². The van der Waals surface area contributed by atoms with Crippen molar-refractivity contribution < 1.29 is 13.9 Å². The maximum atomic E-state index is 13.2. The van der Waals surface area contributed by atoms with Crippen molar-refractivity contribution in [2.45, 2.75) is 38.8 Å². The first-order valence-corrected chi connectivity index (χ1v) is 12.2. The molecule has 0 atom stereocenters. The van der Waals surface area contributed by atoms with E-state index in [-0.39, 0.29) is 12.5 Å². The summed E-state index contributed by atoms with van der Waals surface area (Å²) >= 11 is 0. The Labute approximate surface area is 218 Å². The second kappa shape index (κ2) is 10.5. The number of aryl methyl sites for hydroxylation is 2. The van der Waals surface area contributed by atoms with E-state index in [4.69, 9.17) is 4.74 Å². The molecule has 198 valence electrons. The highest BCUT2D eigenvalue weighted by Gasteiger charge is 2.42. The number of anilines is 3. The summed E-state index contributed by atoms with van der Waals surface area (Å²) in [5.41, 5.74) is 1.62. The van der Waals surface area contributed by atoms with Gasteiger partial charge in [-0.05, 0) is 25.5 Å². The lowest BCUT2D eigenvalue weighted by Crippen LogP contribution is -2.55. The van der Waals surface area contributed by atoms with Gasteiger partial charge in [0.2, 0.25) is 5.95 Å². The number of nitrogens with zero attached hydrogens (tertiary/aromatic N) is 7. The highest BCUT2D eigenvalue weighted by molar-refractivity contribution is 5.85. The number of nitrogens with one attached hydrogen (secondary N) is 3. The summed E-state index contributed by atoms with van der Waals surface area (Å²) in [5.74, 6) is 1.79. The number of aromatic nitrogens is 7. The van der Waals surface area contributed by atoms with Gasteiger partial charge >= 0.3 is 0 Å². The second-order valence-electron chi connectivity index (χ2n) is 9.25. The monoisotopic (exact) mass is 520 g/mol. The Hall–Kier alpha value is -4.39. The number of hydrogen-bond donors (Lipinski definition) is 3. The first-order valence-electron chi connectivity index (χ1n) is 12.2. The predicted octanol–water partition coefficient (Wildman–Crippen LogP) is 2.58. The number of carbonyl (C=O) groups excluding carboxylic acids is 1. The minimum atomic E-state index is -0.950. The van der Waals surface area contributed by atoms with Gasteiger partial charge in [-0.1, -0.05) is 6.07 Å². The molecular formula is C25H29FN10O2. The van der Waals surface area contributed by atoms with Crippen LogP contribution < -0.4 is 15.5 Å². The lowest BCUT2D eigenvalue weighted by molar-refractivity contribution is -0.146. The van der Waals surface area contributed by atoms with E-state index < -0.39 is 11.4 Å². The third-order valence-electron chi connectivity index (χ3n) is 6.51. The fourth-order valence-electron chi connectivity index (χ4n) is 4.39. The Morgan fingerprint density at radius 3 is 2.61 bits per heavy atom. The molecule has 0 spiro atoms.